The molecule has 0 aliphatic heterocycles. The average molecular weight is 391 g/mol. The van der Waals surface area contributed by atoms with E-state index < -0.39 is 0 Å². The van der Waals surface area contributed by atoms with Crippen LogP contribution in [0.15, 0.2) is 36.4 Å². The molecule has 0 aliphatic rings. The Balaban J connectivity index is 2.10. The number of aryl methyl sites for hydroxylation is 1. The van der Waals surface area contributed by atoms with Crippen LogP contribution < -0.4 is 19.7 Å². The van der Waals surface area contributed by atoms with E-state index in [2.05, 4.69) is 5.32 Å². The number of halogens is 1. The molecule has 0 heterocycles. The van der Waals surface area contributed by atoms with Gasteiger partial charge in [0, 0.05) is 24.6 Å². The Hall–Kier alpha value is -2.73. The van der Waals surface area contributed by atoms with Crippen LogP contribution >= 0.6 is 11.6 Å². The first-order valence-electron chi connectivity index (χ1n) is 8.37. The molecule has 6 nitrogen and oxygen atoms in total. The fourth-order valence-electron chi connectivity index (χ4n) is 2.53. The van der Waals surface area contributed by atoms with Gasteiger partial charge >= 0.3 is 0 Å². The fraction of sp³-hybridized carbons (Fsp3) is 0.300. The molecule has 7 heteroatoms. The van der Waals surface area contributed by atoms with E-state index in [0.717, 1.165) is 16.9 Å². The second kappa shape index (κ2) is 9.28. The van der Waals surface area contributed by atoms with E-state index in [0.29, 0.717) is 23.0 Å². The van der Waals surface area contributed by atoms with Crippen molar-refractivity contribution in [2.45, 2.75) is 20.4 Å². The number of benzene rings is 2. The lowest BCUT2D eigenvalue weighted by Gasteiger charge is -2.23. The number of methoxy groups -OCH3 is 2. The van der Waals surface area contributed by atoms with E-state index in [1.54, 1.807) is 19.2 Å². The van der Waals surface area contributed by atoms with Crippen LogP contribution in [0, 0.1) is 6.92 Å². The predicted octanol–water partition coefficient (Wildman–Crippen LogP) is 3.33. The average Bonchev–Trinajstić information content (AvgIpc) is 2.66. The molecule has 2 aromatic rings. The molecular formula is C20H23ClN2O4. The fourth-order valence-corrected chi connectivity index (χ4v) is 2.69. The molecule has 0 aliphatic carbocycles. The number of ether oxygens (including phenoxy) is 2. The van der Waals surface area contributed by atoms with Gasteiger partial charge in [0.1, 0.15) is 18.0 Å². The van der Waals surface area contributed by atoms with Crippen molar-refractivity contribution in [3.05, 3.63) is 52.5 Å². The summed E-state index contributed by atoms with van der Waals surface area (Å²) in [5, 5.41) is 3.35. The molecule has 0 fully saturated rings. The predicted molar refractivity (Wildman–Crippen MR) is 106 cm³/mol. The standard InChI is InChI=1S/C20H23ClN2O4/c1-13-9-18(19(27-4)10-17(13)21)23(14(2)24)12-20(25)22-11-15-5-7-16(26-3)8-6-15/h5-10H,11-12H2,1-4H3,(H,22,25). The van der Waals surface area contributed by atoms with Crippen LogP contribution in [0.2, 0.25) is 5.02 Å². The van der Waals surface area contributed by atoms with Gasteiger partial charge in [0.15, 0.2) is 0 Å². The summed E-state index contributed by atoms with van der Waals surface area (Å²) in [6.45, 7) is 3.46. The Labute approximate surface area is 164 Å². The molecule has 0 saturated carbocycles. The highest BCUT2D eigenvalue weighted by molar-refractivity contribution is 6.31. The van der Waals surface area contributed by atoms with Gasteiger partial charge in [-0.2, -0.15) is 0 Å². The van der Waals surface area contributed by atoms with Crippen LogP contribution in [-0.2, 0) is 16.1 Å². The first-order chi connectivity index (χ1) is 12.8. The smallest absolute Gasteiger partial charge is 0.240 e. The number of rotatable bonds is 7. The molecule has 1 N–H and O–H groups in total. The SMILES string of the molecule is COc1ccc(CNC(=O)CN(C(C)=O)c2cc(C)c(Cl)cc2OC)cc1. The summed E-state index contributed by atoms with van der Waals surface area (Å²) in [6.07, 6.45) is 0. The minimum Gasteiger partial charge on any atom is -0.497 e. The number of hydrogen-bond acceptors (Lipinski definition) is 4. The number of anilines is 1. The van der Waals surface area contributed by atoms with Gasteiger partial charge in [-0.05, 0) is 36.2 Å². The zero-order valence-electron chi connectivity index (χ0n) is 15.8. The summed E-state index contributed by atoms with van der Waals surface area (Å²) in [5.74, 6) is 0.632. The van der Waals surface area contributed by atoms with Crippen molar-refractivity contribution in [3.8, 4) is 11.5 Å². The maximum Gasteiger partial charge on any atom is 0.240 e. The minimum absolute atomic E-state index is 0.122. The lowest BCUT2D eigenvalue weighted by molar-refractivity contribution is -0.123. The monoisotopic (exact) mass is 390 g/mol. The van der Waals surface area contributed by atoms with Crippen LogP contribution in [0.25, 0.3) is 0 Å². The Morgan fingerprint density at radius 3 is 2.33 bits per heavy atom. The number of nitrogens with one attached hydrogen (secondary N) is 1. The molecule has 0 unspecified atom stereocenters. The molecule has 144 valence electrons. The lowest BCUT2D eigenvalue weighted by Crippen LogP contribution is -2.39. The quantitative estimate of drug-likeness (QED) is 0.787. The van der Waals surface area contributed by atoms with E-state index in [4.69, 9.17) is 21.1 Å². The molecular weight excluding hydrogens is 368 g/mol. The van der Waals surface area contributed by atoms with E-state index in [1.807, 2.05) is 31.2 Å². The highest BCUT2D eigenvalue weighted by Gasteiger charge is 2.20. The number of carbonyl (C=O) groups is 2. The van der Waals surface area contributed by atoms with Crippen molar-refractivity contribution in [2.75, 3.05) is 25.7 Å². The molecule has 0 saturated heterocycles. The van der Waals surface area contributed by atoms with Gasteiger partial charge in [0.2, 0.25) is 11.8 Å². The summed E-state index contributed by atoms with van der Waals surface area (Å²) in [6, 6.07) is 10.8. The first kappa shape index (κ1) is 20.6. The first-order valence-corrected chi connectivity index (χ1v) is 8.75. The topological polar surface area (TPSA) is 67.9 Å². The van der Waals surface area contributed by atoms with E-state index >= 15 is 0 Å². The molecule has 2 rings (SSSR count). The van der Waals surface area contributed by atoms with E-state index in [-0.39, 0.29) is 18.4 Å². The van der Waals surface area contributed by atoms with Crippen molar-refractivity contribution in [1.82, 2.24) is 5.32 Å². The summed E-state index contributed by atoms with van der Waals surface area (Å²) < 4.78 is 10.4. The molecule has 27 heavy (non-hydrogen) atoms. The lowest BCUT2D eigenvalue weighted by atomic mass is 10.1. The van der Waals surface area contributed by atoms with Gasteiger partial charge in [-0.3, -0.25) is 14.5 Å². The summed E-state index contributed by atoms with van der Waals surface area (Å²) in [5.41, 5.74) is 2.22. The number of carbonyl (C=O) groups excluding carboxylic acids is 2. The van der Waals surface area contributed by atoms with Crippen molar-refractivity contribution in [3.63, 3.8) is 0 Å². The van der Waals surface area contributed by atoms with Crippen LogP contribution in [0.3, 0.4) is 0 Å². The largest absolute Gasteiger partial charge is 0.497 e. The maximum atomic E-state index is 12.4. The summed E-state index contributed by atoms with van der Waals surface area (Å²) in [7, 11) is 3.09. The molecule has 2 aromatic carbocycles. The van der Waals surface area contributed by atoms with Gasteiger partial charge < -0.3 is 14.8 Å². The third-order valence-corrected chi connectivity index (χ3v) is 4.49. The number of hydrogen-bond donors (Lipinski definition) is 1. The number of nitrogens with zero attached hydrogens (tertiary/aromatic N) is 1. The van der Waals surface area contributed by atoms with Gasteiger partial charge in [0.05, 0.1) is 19.9 Å². The van der Waals surface area contributed by atoms with Crippen molar-refractivity contribution >= 4 is 29.1 Å². The van der Waals surface area contributed by atoms with E-state index in [1.165, 1.54) is 18.9 Å². The van der Waals surface area contributed by atoms with Crippen LogP contribution in [0.4, 0.5) is 5.69 Å². The summed E-state index contributed by atoms with van der Waals surface area (Å²) in [4.78, 5) is 25.9. The zero-order valence-corrected chi connectivity index (χ0v) is 16.6. The Bertz CT molecular complexity index is 821. The third kappa shape index (κ3) is 5.37. The highest BCUT2D eigenvalue weighted by atomic mass is 35.5. The second-order valence-corrected chi connectivity index (χ2v) is 6.41. The van der Waals surface area contributed by atoms with Gasteiger partial charge in [-0.25, -0.2) is 0 Å². The normalized spacial score (nSPS) is 10.3. The van der Waals surface area contributed by atoms with E-state index in [9.17, 15) is 9.59 Å². The summed E-state index contributed by atoms with van der Waals surface area (Å²) >= 11 is 6.12. The van der Waals surface area contributed by atoms with Crippen LogP contribution in [0.1, 0.15) is 18.1 Å². The molecule has 0 aromatic heterocycles. The number of amides is 2. The minimum atomic E-state index is -0.282. The van der Waals surface area contributed by atoms with Crippen LogP contribution in [-0.4, -0.2) is 32.6 Å². The second-order valence-electron chi connectivity index (χ2n) is 6.00. The third-order valence-electron chi connectivity index (χ3n) is 4.08. The van der Waals surface area contributed by atoms with Crippen molar-refractivity contribution in [1.29, 1.82) is 0 Å². The molecule has 0 atom stereocenters. The highest BCUT2D eigenvalue weighted by Crippen LogP contribution is 2.33. The van der Waals surface area contributed by atoms with Gasteiger partial charge in [-0.1, -0.05) is 23.7 Å². The molecule has 2 amide bonds. The van der Waals surface area contributed by atoms with Crippen LogP contribution in [0.5, 0.6) is 11.5 Å². The van der Waals surface area contributed by atoms with Crippen molar-refractivity contribution < 1.29 is 19.1 Å². The Morgan fingerprint density at radius 2 is 1.78 bits per heavy atom. The van der Waals surface area contributed by atoms with Gasteiger partial charge in [-0.15, -0.1) is 0 Å². The van der Waals surface area contributed by atoms with Gasteiger partial charge in [0.25, 0.3) is 0 Å². The Kier molecular flexibility index (Phi) is 7.07. The molecule has 0 bridgehead atoms. The van der Waals surface area contributed by atoms with Crippen molar-refractivity contribution in [2.24, 2.45) is 0 Å². The molecule has 0 spiro atoms. The Morgan fingerprint density at radius 1 is 1.11 bits per heavy atom. The molecule has 0 radical (unpaired) electrons. The zero-order chi connectivity index (χ0) is 20.0. The maximum absolute atomic E-state index is 12.4.